The Balaban J connectivity index is 2.04. The zero-order valence-corrected chi connectivity index (χ0v) is 10.1. The first-order valence-corrected chi connectivity index (χ1v) is 6.01. The van der Waals surface area contributed by atoms with Gasteiger partial charge in [0.05, 0.1) is 7.11 Å². The molecule has 1 aliphatic heterocycles. The van der Waals surface area contributed by atoms with Crippen LogP contribution >= 0.6 is 0 Å². The molecule has 1 aliphatic rings. The number of nitrogens with zero attached hydrogens (tertiary/aromatic N) is 1. The molecule has 0 aromatic heterocycles. The fraction of sp³-hybridized carbons (Fsp3) is 0.500. The van der Waals surface area contributed by atoms with E-state index in [0.717, 1.165) is 5.75 Å². The molecular weight excluding hydrogens is 198 g/mol. The minimum Gasteiger partial charge on any atom is -0.497 e. The number of rotatable bonds is 3. The predicted molar refractivity (Wildman–Crippen MR) is 66.5 cm³/mol. The lowest BCUT2D eigenvalue weighted by molar-refractivity contribution is 0.194. The van der Waals surface area contributed by atoms with E-state index in [0.29, 0.717) is 6.04 Å². The summed E-state index contributed by atoms with van der Waals surface area (Å²) in [5.41, 5.74) is 1.38. The summed E-state index contributed by atoms with van der Waals surface area (Å²) in [6.07, 6.45) is 4.83. The largest absolute Gasteiger partial charge is 0.497 e. The van der Waals surface area contributed by atoms with Crippen molar-refractivity contribution in [2.24, 2.45) is 0 Å². The highest BCUT2D eigenvalue weighted by molar-refractivity contribution is 5.28. The van der Waals surface area contributed by atoms with E-state index < -0.39 is 0 Å². The van der Waals surface area contributed by atoms with Crippen molar-refractivity contribution in [3.63, 3.8) is 0 Å². The first-order valence-electron chi connectivity index (χ1n) is 6.01. The monoisotopic (exact) mass is 218 g/mol. The summed E-state index contributed by atoms with van der Waals surface area (Å²) in [5, 5.41) is 0. The number of ether oxygens (including phenoxy) is 1. The quantitative estimate of drug-likeness (QED) is 0.773. The number of likely N-dealkylation sites (tertiary alicyclic amines) is 1. The van der Waals surface area contributed by atoms with E-state index in [-0.39, 0.29) is 0 Å². The lowest BCUT2D eigenvalue weighted by Crippen LogP contribution is -2.32. The van der Waals surface area contributed by atoms with Crippen LogP contribution in [0.4, 0.5) is 0 Å². The van der Waals surface area contributed by atoms with Crippen LogP contribution in [0.3, 0.4) is 0 Å². The molecule has 0 amide bonds. The molecule has 0 bridgehead atoms. The van der Waals surface area contributed by atoms with Crippen LogP contribution in [0.5, 0.6) is 5.75 Å². The second-order valence-corrected chi connectivity index (χ2v) is 4.35. The predicted octanol–water partition coefficient (Wildman–Crippen LogP) is 3.06. The van der Waals surface area contributed by atoms with Crippen molar-refractivity contribution >= 4 is 0 Å². The van der Waals surface area contributed by atoms with Crippen LogP contribution in [0, 0.1) is 6.42 Å². The molecule has 0 spiro atoms. The molecular formula is C14H20NO. The SMILES string of the molecule is COc1ccc(C(C)N2CC[CH]CC2)cc1. The molecule has 1 aromatic rings. The van der Waals surface area contributed by atoms with Crippen LogP contribution in [-0.4, -0.2) is 25.1 Å². The van der Waals surface area contributed by atoms with Crippen LogP contribution in [0.25, 0.3) is 0 Å². The van der Waals surface area contributed by atoms with Crippen molar-refractivity contribution in [2.75, 3.05) is 20.2 Å². The molecule has 1 atom stereocenters. The smallest absolute Gasteiger partial charge is 0.118 e. The van der Waals surface area contributed by atoms with Gasteiger partial charge in [0.1, 0.15) is 5.75 Å². The van der Waals surface area contributed by atoms with E-state index in [1.54, 1.807) is 7.11 Å². The molecule has 0 saturated carbocycles. The number of methoxy groups -OCH3 is 1. The van der Waals surface area contributed by atoms with E-state index in [9.17, 15) is 0 Å². The second kappa shape index (κ2) is 5.35. The molecule has 2 heteroatoms. The third-order valence-electron chi connectivity index (χ3n) is 3.39. The van der Waals surface area contributed by atoms with Crippen LogP contribution < -0.4 is 4.74 Å². The van der Waals surface area contributed by atoms with Crippen molar-refractivity contribution in [1.29, 1.82) is 0 Å². The third-order valence-corrected chi connectivity index (χ3v) is 3.39. The van der Waals surface area contributed by atoms with E-state index in [4.69, 9.17) is 4.74 Å². The van der Waals surface area contributed by atoms with Crippen LogP contribution in [-0.2, 0) is 0 Å². The minimum absolute atomic E-state index is 0.514. The van der Waals surface area contributed by atoms with E-state index >= 15 is 0 Å². The van der Waals surface area contributed by atoms with Gasteiger partial charge in [-0.15, -0.1) is 0 Å². The summed E-state index contributed by atoms with van der Waals surface area (Å²) in [6.45, 7) is 4.66. The second-order valence-electron chi connectivity index (χ2n) is 4.35. The number of hydrogen-bond acceptors (Lipinski definition) is 2. The average molecular weight is 218 g/mol. The summed E-state index contributed by atoms with van der Waals surface area (Å²) in [6, 6.07) is 8.94. The topological polar surface area (TPSA) is 12.5 Å². The van der Waals surface area contributed by atoms with Crippen LogP contribution in [0.15, 0.2) is 24.3 Å². The first kappa shape index (κ1) is 11.5. The third kappa shape index (κ3) is 2.56. The number of benzene rings is 1. The zero-order chi connectivity index (χ0) is 11.4. The lowest BCUT2D eigenvalue weighted by Gasteiger charge is -2.32. The molecule has 1 heterocycles. The lowest BCUT2D eigenvalue weighted by atomic mass is 10.0. The summed E-state index contributed by atoms with van der Waals surface area (Å²) < 4.78 is 5.18. The van der Waals surface area contributed by atoms with Crippen molar-refractivity contribution < 1.29 is 4.74 Å². The average Bonchev–Trinajstić information content (AvgIpc) is 2.39. The molecule has 87 valence electrons. The summed E-state index contributed by atoms with van der Waals surface area (Å²) in [4.78, 5) is 2.54. The highest BCUT2D eigenvalue weighted by Crippen LogP contribution is 2.25. The van der Waals surface area contributed by atoms with Gasteiger partial charge in [0.15, 0.2) is 0 Å². The van der Waals surface area contributed by atoms with Gasteiger partial charge >= 0.3 is 0 Å². The van der Waals surface area contributed by atoms with Gasteiger partial charge in [-0.05, 0) is 57.0 Å². The fourth-order valence-corrected chi connectivity index (χ4v) is 2.25. The minimum atomic E-state index is 0.514. The summed E-state index contributed by atoms with van der Waals surface area (Å²) >= 11 is 0. The summed E-state index contributed by atoms with van der Waals surface area (Å²) in [7, 11) is 1.71. The molecule has 2 nitrogen and oxygen atoms in total. The van der Waals surface area contributed by atoms with Gasteiger partial charge in [-0.1, -0.05) is 12.1 Å². The van der Waals surface area contributed by atoms with Gasteiger partial charge in [0.2, 0.25) is 0 Å². The molecule has 1 saturated heterocycles. The number of piperidine rings is 1. The molecule has 0 N–H and O–H groups in total. The van der Waals surface area contributed by atoms with Crippen molar-refractivity contribution in [1.82, 2.24) is 4.90 Å². The Kier molecular flexibility index (Phi) is 3.83. The highest BCUT2D eigenvalue weighted by Gasteiger charge is 2.17. The maximum atomic E-state index is 5.18. The summed E-state index contributed by atoms with van der Waals surface area (Å²) in [5.74, 6) is 0.933. The molecule has 1 radical (unpaired) electrons. The van der Waals surface area contributed by atoms with Gasteiger partial charge in [-0.3, -0.25) is 4.90 Å². The Morgan fingerprint density at radius 3 is 2.31 bits per heavy atom. The fourth-order valence-electron chi connectivity index (χ4n) is 2.25. The molecule has 0 aliphatic carbocycles. The maximum Gasteiger partial charge on any atom is 0.118 e. The zero-order valence-electron chi connectivity index (χ0n) is 10.1. The Hall–Kier alpha value is -1.02. The Morgan fingerprint density at radius 2 is 1.75 bits per heavy atom. The normalized spacial score (nSPS) is 19.4. The first-order chi connectivity index (χ1) is 7.81. The number of hydrogen-bond donors (Lipinski definition) is 0. The highest BCUT2D eigenvalue weighted by atomic mass is 16.5. The standard InChI is InChI=1S/C14H20NO/c1-12(15-10-4-3-5-11-15)13-6-8-14(16-2)9-7-13/h3,6-9,12H,4-5,10-11H2,1-2H3. The Bertz CT molecular complexity index is 314. The van der Waals surface area contributed by atoms with Crippen LogP contribution in [0.1, 0.15) is 31.4 Å². The Labute approximate surface area is 98.2 Å². The van der Waals surface area contributed by atoms with Gasteiger partial charge < -0.3 is 4.74 Å². The van der Waals surface area contributed by atoms with Crippen LogP contribution in [0.2, 0.25) is 0 Å². The van der Waals surface area contributed by atoms with E-state index in [1.807, 2.05) is 12.1 Å². The van der Waals surface area contributed by atoms with Crippen molar-refractivity contribution in [2.45, 2.75) is 25.8 Å². The van der Waals surface area contributed by atoms with E-state index in [1.165, 1.54) is 31.5 Å². The molecule has 1 unspecified atom stereocenters. The molecule has 1 fully saturated rings. The molecule has 1 aromatic carbocycles. The Morgan fingerprint density at radius 1 is 1.12 bits per heavy atom. The van der Waals surface area contributed by atoms with Crippen molar-refractivity contribution in [3.8, 4) is 5.75 Å². The van der Waals surface area contributed by atoms with E-state index in [2.05, 4.69) is 30.4 Å². The van der Waals surface area contributed by atoms with Gasteiger partial charge in [0.25, 0.3) is 0 Å². The van der Waals surface area contributed by atoms with Gasteiger partial charge in [0, 0.05) is 6.04 Å². The van der Waals surface area contributed by atoms with Crippen molar-refractivity contribution in [3.05, 3.63) is 36.2 Å². The van der Waals surface area contributed by atoms with Gasteiger partial charge in [-0.2, -0.15) is 0 Å². The van der Waals surface area contributed by atoms with Gasteiger partial charge in [-0.25, -0.2) is 0 Å². The maximum absolute atomic E-state index is 5.18. The molecule has 2 rings (SSSR count). The molecule has 16 heavy (non-hydrogen) atoms.